The standard InChI is InChI=1S/C14H11BrN2O3/c15-11-8-13-12(19-5-6-20-13)7-10(11)14(18)17-9-1-3-16-4-2-9/h1-4,7-8H,5-6H2,(H,16,17,18). The number of ether oxygens (including phenoxy) is 2. The Morgan fingerprint density at radius 3 is 2.50 bits per heavy atom. The van der Waals surface area contributed by atoms with E-state index in [1.54, 1.807) is 36.7 Å². The number of carbonyl (C=O) groups is 1. The molecule has 0 unspecified atom stereocenters. The van der Waals surface area contributed by atoms with Crippen LogP contribution in [0.15, 0.2) is 41.1 Å². The number of nitrogens with one attached hydrogen (secondary N) is 1. The van der Waals surface area contributed by atoms with E-state index in [0.29, 0.717) is 40.4 Å². The third kappa shape index (κ3) is 2.60. The van der Waals surface area contributed by atoms with Gasteiger partial charge in [-0.05, 0) is 40.2 Å². The van der Waals surface area contributed by atoms with Crippen LogP contribution in [0, 0.1) is 0 Å². The van der Waals surface area contributed by atoms with Crippen molar-refractivity contribution >= 4 is 27.5 Å². The van der Waals surface area contributed by atoms with Crippen molar-refractivity contribution < 1.29 is 14.3 Å². The molecule has 1 amide bonds. The molecule has 0 saturated heterocycles. The monoisotopic (exact) mass is 334 g/mol. The molecule has 0 fully saturated rings. The first-order valence-corrected chi connectivity index (χ1v) is 6.84. The molecule has 2 heterocycles. The van der Waals surface area contributed by atoms with E-state index in [0.717, 1.165) is 0 Å². The van der Waals surface area contributed by atoms with Crippen LogP contribution in [-0.2, 0) is 0 Å². The van der Waals surface area contributed by atoms with Crippen molar-refractivity contribution in [1.29, 1.82) is 0 Å². The molecule has 0 atom stereocenters. The highest BCUT2D eigenvalue weighted by molar-refractivity contribution is 9.10. The number of carbonyl (C=O) groups excluding carboxylic acids is 1. The highest BCUT2D eigenvalue weighted by Gasteiger charge is 2.18. The number of nitrogens with zero attached hydrogens (tertiary/aromatic N) is 1. The van der Waals surface area contributed by atoms with Gasteiger partial charge in [0, 0.05) is 22.6 Å². The zero-order valence-electron chi connectivity index (χ0n) is 10.4. The van der Waals surface area contributed by atoms with E-state index in [2.05, 4.69) is 26.2 Å². The average molecular weight is 335 g/mol. The molecule has 0 aliphatic carbocycles. The average Bonchev–Trinajstić information content (AvgIpc) is 2.47. The van der Waals surface area contributed by atoms with Crippen molar-refractivity contribution in [3.8, 4) is 11.5 Å². The number of benzene rings is 1. The fourth-order valence-corrected chi connectivity index (χ4v) is 2.37. The first-order chi connectivity index (χ1) is 9.74. The summed E-state index contributed by atoms with van der Waals surface area (Å²) in [7, 11) is 0. The Morgan fingerprint density at radius 1 is 1.15 bits per heavy atom. The Labute approximate surface area is 124 Å². The number of halogens is 1. The van der Waals surface area contributed by atoms with Gasteiger partial charge in [-0.2, -0.15) is 0 Å². The van der Waals surface area contributed by atoms with E-state index in [9.17, 15) is 4.79 Å². The molecule has 0 bridgehead atoms. The van der Waals surface area contributed by atoms with E-state index in [1.807, 2.05) is 0 Å². The molecule has 0 spiro atoms. The molecule has 0 radical (unpaired) electrons. The highest BCUT2D eigenvalue weighted by atomic mass is 79.9. The second kappa shape index (κ2) is 5.50. The van der Waals surface area contributed by atoms with Crippen LogP contribution in [0.1, 0.15) is 10.4 Å². The number of rotatable bonds is 2. The Balaban J connectivity index is 1.88. The fourth-order valence-electron chi connectivity index (χ4n) is 1.87. The van der Waals surface area contributed by atoms with Crippen molar-refractivity contribution in [3.63, 3.8) is 0 Å². The maximum Gasteiger partial charge on any atom is 0.256 e. The minimum Gasteiger partial charge on any atom is -0.486 e. The first kappa shape index (κ1) is 12.9. The van der Waals surface area contributed by atoms with Crippen LogP contribution < -0.4 is 14.8 Å². The Hall–Kier alpha value is -2.08. The second-order valence-corrected chi connectivity index (χ2v) is 5.02. The van der Waals surface area contributed by atoms with Gasteiger partial charge in [0.25, 0.3) is 5.91 Å². The minimum absolute atomic E-state index is 0.222. The third-order valence-corrected chi connectivity index (χ3v) is 3.47. The third-order valence-electron chi connectivity index (χ3n) is 2.81. The molecule has 0 saturated carbocycles. The van der Waals surface area contributed by atoms with E-state index in [4.69, 9.17) is 9.47 Å². The molecular formula is C14H11BrN2O3. The van der Waals surface area contributed by atoms with Crippen molar-refractivity contribution in [2.45, 2.75) is 0 Å². The normalized spacial score (nSPS) is 12.8. The van der Waals surface area contributed by atoms with Crippen LogP contribution in [0.3, 0.4) is 0 Å². The van der Waals surface area contributed by atoms with Gasteiger partial charge >= 0.3 is 0 Å². The Morgan fingerprint density at radius 2 is 1.80 bits per heavy atom. The molecule has 6 heteroatoms. The maximum absolute atomic E-state index is 12.3. The number of pyridine rings is 1. The molecule has 1 aromatic carbocycles. The summed E-state index contributed by atoms with van der Waals surface area (Å²) in [5.41, 5.74) is 1.18. The molecule has 5 nitrogen and oxygen atoms in total. The zero-order chi connectivity index (χ0) is 13.9. The molecule has 20 heavy (non-hydrogen) atoms. The van der Waals surface area contributed by atoms with Crippen molar-refractivity contribution in [1.82, 2.24) is 4.98 Å². The lowest BCUT2D eigenvalue weighted by atomic mass is 10.1. The van der Waals surface area contributed by atoms with E-state index >= 15 is 0 Å². The molecule has 1 aliphatic rings. The SMILES string of the molecule is O=C(Nc1ccncc1)c1cc2c(cc1Br)OCCO2. The van der Waals surface area contributed by atoms with Crippen LogP contribution in [0.5, 0.6) is 11.5 Å². The largest absolute Gasteiger partial charge is 0.486 e. The molecule has 1 aliphatic heterocycles. The fraction of sp³-hybridized carbons (Fsp3) is 0.143. The lowest BCUT2D eigenvalue weighted by Crippen LogP contribution is -2.17. The number of hydrogen-bond donors (Lipinski definition) is 1. The second-order valence-electron chi connectivity index (χ2n) is 4.17. The van der Waals surface area contributed by atoms with Crippen LogP contribution in [0.25, 0.3) is 0 Å². The molecule has 102 valence electrons. The first-order valence-electron chi connectivity index (χ1n) is 6.04. The van der Waals surface area contributed by atoms with Crippen LogP contribution >= 0.6 is 15.9 Å². The molecule has 1 aromatic heterocycles. The summed E-state index contributed by atoms with van der Waals surface area (Å²) in [6.07, 6.45) is 3.24. The van der Waals surface area contributed by atoms with Crippen molar-refractivity contribution in [3.05, 3.63) is 46.7 Å². The van der Waals surface area contributed by atoms with Gasteiger partial charge in [-0.1, -0.05) is 0 Å². The summed E-state index contributed by atoms with van der Waals surface area (Å²) in [6.45, 7) is 1.00. The van der Waals surface area contributed by atoms with Crippen LogP contribution in [-0.4, -0.2) is 24.1 Å². The molecule has 1 N–H and O–H groups in total. The molecule has 2 aromatic rings. The topological polar surface area (TPSA) is 60.5 Å². The lowest BCUT2D eigenvalue weighted by molar-refractivity contribution is 0.102. The minimum atomic E-state index is -0.222. The predicted octanol–water partition coefficient (Wildman–Crippen LogP) is 2.87. The van der Waals surface area contributed by atoms with Crippen molar-refractivity contribution in [2.24, 2.45) is 0 Å². The van der Waals surface area contributed by atoms with E-state index < -0.39 is 0 Å². The molecular weight excluding hydrogens is 324 g/mol. The van der Waals surface area contributed by atoms with E-state index in [-0.39, 0.29) is 5.91 Å². The maximum atomic E-state index is 12.3. The number of hydrogen-bond acceptors (Lipinski definition) is 4. The lowest BCUT2D eigenvalue weighted by Gasteiger charge is -2.19. The number of anilines is 1. The number of aromatic nitrogens is 1. The Kier molecular flexibility index (Phi) is 3.56. The summed E-state index contributed by atoms with van der Waals surface area (Å²) in [6, 6.07) is 6.87. The van der Waals surface area contributed by atoms with Gasteiger partial charge in [-0.25, -0.2) is 0 Å². The van der Waals surface area contributed by atoms with Gasteiger partial charge in [-0.15, -0.1) is 0 Å². The van der Waals surface area contributed by atoms with Crippen molar-refractivity contribution in [2.75, 3.05) is 18.5 Å². The summed E-state index contributed by atoms with van der Waals surface area (Å²) < 4.78 is 11.6. The van der Waals surface area contributed by atoms with Gasteiger partial charge in [0.1, 0.15) is 13.2 Å². The van der Waals surface area contributed by atoms with Gasteiger partial charge in [0.05, 0.1) is 5.56 Å². The highest BCUT2D eigenvalue weighted by Crippen LogP contribution is 2.35. The number of fused-ring (bicyclic) bond motifs is 1. The summed E-state index contributed by atoms with van der Waals surface area (Å²) >= 11 is 3.38. The predicted molar refractivity (Wildman–Crippen MR) is 77.3 cm³/mol. The van der Waals surface area contributed by atoms with Crippen LogP contribution in [0.2, 0.25) is 0 Å². The van der Waals surface area contributed by atoms with Crippen LogP contribution in [0.4, 0.5) is 5.69 Å². The van der Waals surface area contributed by atoms with Gasteiger partial charge in [-0.3, -0.25) is 9.78 Å². The van der Waals surface area contributed by atoms with Gasteiger partial charge < -0.3 is 14.8 Å². The quantitative estimate of drug-likeness (QED) is 0.917. The number of amides is 1. The zero-order valence-corrected chi connectivity index (χ0v) is 12.0. The summed E-state index contributed by atoms with van der Waals surface area (Å²) in [5, 5.41) is 2.80. The smallest absolute Gasteiger partial charge is 0.256 e. The molecule has 3 rings (SSSR count). The summed E-state index contributed by atoms with van der Waals surface area (Å²) in [5.74, 6) is 1.00. The van der Waals surface area contributed by atoms with E-state index in [1.165, 1.54) is 0 Å². The summed E-state index contributed by atoms with van der Waals surface area (Å²) in [4.78, 5) is 16.2. The van der Waals surface area contributed by atoms with Gasteiger partial charge in [0.2, 0.25) is 0 Å². The Bertz CT molecular complexity index is 646. The van der Waals surface area contributed by atoms with Gasteiger partial charge in [0.15, 0.2) is 11.5 Å².